The van der Waals surface area contributed by atoms with Gasteiger partial charge in [0.2, 0.25) is 5.91 Å². The van der Waals surface area contributed by atoms with Gasteiger partial charge in [0.1, 0.15) is 0 Å². The van der Waals surface area contributed by atoms with Gasteiger partial charge in [0.15, 0.2) is 5.78 Å². The van der Waals surface area contributed by atoms with E-state index in [-0.39, 0.29) is 17.6 Å². The smallest absolute Gasteiger partial charge is 0.221 e. The van der Waals surface area contributed by atoms with E-state index in [2.05, 4.69) is 15.6 Å². The first-order chi connectivity index (χ1) is 13.0. The van der Waals surface area contributed by atoms with Gasteiger partial charge in [-0.3, -0.25) is 14.6 Å². The van der Waals surface area contributed by atoms with Crippen LogP contribution in [0.3, 0.4) is 0 Å². The molecule has 0 bridgehead atoms. The number of pyridine rings is 1. The maximum atomic E-state index is 12.8. The van der Waals surface area contributed by atoms with Crippen LogP contribution in [0.4, 0.5) is 17.1 Å². The molecular formula is C21H18ClN3O2. The highest BCUT2D eigenvalue weighted by Crippen LogP contribution is 2.38. The number of carbonyl (C=O) groups is 2. The fraction of sp³-hybridized carbons (Fsp3) is 0.190. The van der Waals surface area contributed by atoms with Crippen molar-refractivity contribution in [2.45, 2.75) is 19.8 Å². The number of hydrogen-bond donors (Lipinski definition) is 2. The topological polar surface area (TPSA) is 71.1 Å². The van der Waals surface area contributed by atoms with Crippen LogP contribution in [-0.2, 0) is 4.79 Å². The third-order valence-electron chi connectivity index (χ3n) is 4.52. The lowest BCUT2D eigenvalue weighted by atomic mass is 10.0. The molecule has 0 unspecified atom stereocenters. The second kappa shape index (κ2) is 7.00. The van der Waals surface area contributed by atoms with Crippen molar-refractivity contribution in [3.8, 4) is 0 Å². The average molecular weight is 380 g/mol. The molecule has 1 amide bonds. The van der Waals surface area contributed by atoms with Gasteiger partial charge in [-0.05, 0) is 55.3 Å². The van der Waals surface area contributed by atoms with Crippen molar-refractivity contribution in [2.24, 2.45) is 5.92 Å². The molecule has 6 heteroatoms. The van der Waals surface area contributed by atoms with E-state index in [0.29, 0.717) is 22.0 Å². The van der Waals surface area contributed by atoms with Gasteiger partial charge in [0.05, 0.1) is 16.8 Å². The number of benzene rings is 2. The number of nitrogens with one attached hydrogen (secondary N) is 2. The standard InChI is InChI=1S/C21H18ClN3O2/c1-12(26)24-15-5-7-16(8-6-15)25-20-17-10-14(22)4-9-19(17)23-11-18(20)21(27)13-2-3-13/h4-11,13H,2-3H2,1H3,(H,23,25)(H,24,26). The van der Waals surface area contributed by atoms with E-state index >= 15 is 0 Å². The predicted octanol–water partition coefficient (Wildman–Crippen LogP) is 5.18. The van der Waals surface area contributed by atoms with E-state index < -0.39 is 0 Å². The van der Waals surface area contributed by atoms with E-state index in [0.717, 1.165) is 29.4 Å². The summed E-state index contributed by atoms with van der Waals surface area (Å²) in [6.07, 6.45) is 3.50. The lowest BCUT2D eigenvalue weighted by molar-refractivity contribution is -0.114. The Morgan fingerprint density at radius 3 is 2.44 bits per heavy atom. The SMILES string of the molecule is CC(=O)Nc1ccc(Nc2c(C(=O)C3CC3)cnc3ccc(Cl)cc23)cc1. The number of aromatic nitrogens is 1. The van der Waals surface area contributed by atoms with Gasteiger partial charge in [-0.25, -0.2) is 0 Å². The van der Waals surface area contributed by atoms with Crippen LogP contribution in [0.2, 0.25) is 5.02 Å². The second-order valence-electron chi connectivity index (χ2n) is 6.73. The van der Waals surface area contributed by atoms with Crippen molar-refractivity contribution in [2.75, 3.05) is 10.6 Å². The molecule has 1 fully saturated rings. The summed E-state index contributed by atoms with van der Waals surface area (Å²) >= 11 is 6.19. The minimum absolute atomic E-state index is 0.0890. The number of anilines is 3. The quantitative estimate of drug-likeness (QED) is 0.599. The van der Waals surface area contributed by atoms with E-state index in [1.807, 2.05) is 36.4 Å². The molecule has 0 atom stereocenters. The molecule has 1 aromatic heterocycles. The highest BCUT2D eigenvalue weighted by Gasteiger charge is 2.32. The maximum Gasteiger partial charge on any atom is 0.221 e. The van der Waals surface area contributed by atoms with Gasteiger partial charge in [-0.15, -0.1) is 0 Å². The van der Waals surface area contributed by atoms with Crippen molar-refractivity contribution in [3.05, 3.63) is 59.2 Å². The molecule has 0 radical (unpaired) electrons. The Kier molecular flexibility index (Phi) is 4.54. The first-order valence-corrected chi connectivity index (χ1v) is 9.16. The minimum Gasteiger partial charge on any atom is -0.354 e. The van der Waals surface area contributed by atoms with E-state index in [1.54, 1.807) is 12.3 Å². The molecule has 0 aliphatic heterocycles. The van der Waals surface area contributed by atoms with Crippen LogP contribution < -0.4 is 10.6 Å². The summed E-state index contributed by atoms with van der Waals surface area (Å²) in [5, 5.41) is 7.49. The molecule has 5 nitrogen and oxygen atoms in total. The number of rotatable bonds is 5. The summed E-state index contributed by atoms with van der Waals surface area (Å²) in [6.45, 7) is 1.47. The summed E-state index contributed by atoms with van der Waals surface area (Å²) in [6, 6.07) is 12.8. The first kappa shape index (κ1) is 17.5. The van der Waals surface area contributed by atoms with E-state index in [4.69, 9.17) is 11.6 Å². The van der Waals surface area contributed by atoms with Crippen molar-refractivity contribution >= 4 is 51.3 Å². The molecule has 1 heterocycles. The Bertz CT molecular complexity index is 1040. The number of halogens is 1. The number of hydrogen-bond acceptors (Lipinski definition) is 4. The largest absolute Gasteiger partial charge is 0.354 e. The van der Waals surface area contributed by atoms with Gasteiger partial charge in [0, 0.05) is 40.8 Å². The molecule has 27 heavy (non-hydrogen) atoms. The minimum atomic E-state index is -0.122. The monoisotopic (exact) mass is 379 g/mol. The van der Waals surface area contributed by atoms with Crippen LogP contribution in [0.1, 0.15) is 30.1 Å². The fourth-order valence-electron chi connectivity index (χ4n) is 3.04. The number of fused-ring (bicyclic) bond motifs is 1. The first-order valence-electron chi connectivity index (χ1n) is 8.78. The summed E-state index contributed by atoms with van der Waals surface area (Å²) in [4.78, 5) is 28.4. The van der Waals surface area contributed by atoms with Crippen LogP contribution in [0, 0.1) is 5.92 Å². The summed E-state index contributed by atoms with van der Waals surface area (Å²) < 4.78 is 0. The van der Waals surface area contributed by atoms with Crippen molar-refractivity contribution in [1.82, 2.24) is 4.98 Å². The lowest BCUT2D eigenvalue weighted by Gasteiger charge is -2.15. The number of carbonyl (C=O) groups excluding carboxylic acids is 2. The predicted molar refractivity (Wildman–Crippen MR) is 108 cm³/mol. The van der Waals surface area contributed by atoms with Crippen LogP contribution in [0.5, 0.6) is 0 Å². The zero-order valence-corrected chi connectivity index (χ0v) is 15.5. The molecule has 3 aromatic rings. The third kappa shape index (κ3) is 3.78. The third-order valence-corrected chi connectivity index (χ3v) is 4.75. The van der Waals surface area contributed by atoms with Crippen LogP contribution in [0.15, 0.2) is 48.7 Å². The lowest BCUT2D eigenvalue weighted by Crippen LogP contribution is -2.08. The van der Waals surface area contributed by atoms with Crippen molar-refractivity contribution < 1.29 is 9.59 Å². The van der Waals surface area contributed by atoms with Crippen molar-refractivity contribution in [3.63, 3.8) is 0 Å². The molecule has 1 aliphatic carbocycles. The number of amides is 1. The van der Waals surface area contributed by atoms with Gasteiger partial charge in [-0.2, -0.15) is 0 Å². The van der Waals surface area contributed by atoms with E-state index in [1.165, 1.54) is 6.92 Å². The van der Waals surface area contributed by atoms with E-state index in [9.17, 15) is 9.59 Å². The zero-order chi connectivity index (χ0) is 19.0. The Balaban J connectivity index is 1.76. The maximum absolute atomic E-state index is 12.8. The molecule has 0 spiro atoms. The second-order valence-corrected chi connectivity index (χ2v) is 7.17. The molecule has 1 saturated carbocycles. The molecule has 2 aromatic carbocycles. The highest BCUT2D eigenvalue weighted by atomic mass is 35.5. The summed E-state index contributed by atoms with van der Waals surface area (Å²) in [5.74, 6) is 0.0793. The van der Waals surface area contributed by atoms with Gasteiger partial charge >= 0.3 is 0 Å². The Morgan fingerprint density at radius 2 is 1.78 bits per heavy atom. The highest BCUT2D eigenvalue weighted by molar-refractivity contribution is 6.31. The Hall–Kier alpha value is -2.92. The molecule has 136 valence electrons. The molecule has 1 aliphatic rings. The molecular weight excluding hydrogens is 362 g/mol. The zero-order valence-electron chi connectivity index (χ0n) is 14.8. The fourth-order valence-corrected chi connectivity index (χ4v) is 3.21. The van der Waals surface area contributed by atoms with Crippen LogP contribution in [0.25, 0.3) is 10.9 Å². The van der Waals surface area contributed by atoms with Crippen LogP contribution >= 0.6 is 11.6 Å². The number of Topliss-reactive ketones (excluding diaryl/α,β-unsaturated/α-hetero) is 1. The van der Waals surface area contributed by atoms with Gasteiger partial charge < -0.3 is 10.6 Å². The number of ketones is 1. The molecule has 2 N–H and O–H groups in total. The van der Waals surface area contributed by atoms with Gasteiger partial charge in [-0.1, -0.05) is 11.6 Å². The normalized spacial score (nSPS) is 13.4. The van der Waals surface area contributed by atoms with Crippen LogP contribution in [-0.4, -0.2) is 16.7 Å². The molecule has 4 rings (SSSR count). The van der Waals surface area contributed by atoms with Crippen molar-refractivity contribution in [1.29, 1.82) is 0 Å². The Labute approximate surface area is 161 Å². The van der Waals surface area contributed by atoms with Gasteiger partial charge in [0.25, 0.3) is 0 Å². The molecule has 0 saturated heterocycles. The Morgan fingerprint density at radius 1 is 1.07 bits per heavy atom. The summed E-state index contributed by atoms with van der Waals surface area (Å²) in [7, 11) is 0. The number of nitrogens with zero attached hydrogens (tertiary/aromatic N) is 1. The summed E-state index contributed by atoms with van der Waals surface area (Å²) in [5.41, 5.74) is 3.58. The average Bonchev–Trinajstić information content (AvgIpc) is 3.48.